The number of hydrogen-bond acceptors (Lipinski definition) is 3. The van der Waals surface area contributed by atoms with Gasteiger partial charge in [0, 0.05) is 36.8 Å². The van der Waals surface area contributed by atoms with Crippen molar-refractivity contribution >= 4 is 23.4 Å². The number of hydrogen-bond donors (Lipinski definition) is 0. The van der Waals surface area contributed by atoms with Crippen LogP contribution in [0.4, 0.5) is 0 Å². The maximum absolute atomic E-state index is 13.1. The Labute approximate surface area is 176 Å². The largest absolute Gasteiger partial charge is 0.492 e. The van der Waals surface area contributed by atoms with Gasteiger partial charge in [-0.25, -0.2) is 0 Å². The zero-order chi connectivity index (χ0) is 20.4. The standard InChI is InChI=1S/C23H25ClN2O3/c1-16-4-2-5-17(12-16)22(27)25-8-3-9-26(11-10-25)23(28)19-13-18-14-20(24)6-7-21(18)29-15-19/h2,4-7,12,14,19H,3,8-11,13,15H2,1H3/t19-/m1/s1. The van der Waals surface area contributed by atoms with E-state index in [0.717, 1.165) is 23.3 Å². The average molecular weight is 413 g/mol. The second-order valence-corrected chi connectivity index (χ2v) is 8.24. The lowest BCUT2D eigenvalue weighted by Gasteiger charge is -2.30. The van der Waals surface area contributed by atoms with Gasteiger partial charge < -0.3 is 14.5 Å². The molecule has 2 aromatic rings. The topological polar surface area (TPSA) is 49.9 Å². The van der Waals surface area contributed by atoms with Gasteiger partial charge in [-0.3, -0.25) is 9.59 Å². The summed E-state index contributed by atoms with van der Waals surface area (Å²) >= 11 is 6.09. The SMILES string of the molecule is Cc1cccc(C(=O)N2CCCN(C(=O)[C@H]3COc4ccc(Cl)cc4C3)CC2)c1. The number of fused-ring (bicyclic) bond motifs is 1. The zero-order valence-corrected chi connectivity index (χ0v) is 17.3. The van der Waals surface area contributed by atoms with Crippen LogP contribution in [0.3, 0.4) is 0 Å². The highest BCUT2D eigenvalue weighted by Gasteiger charge is 2.31. The zero-order valence-electron chi connectivity index (χ0n) is 16.6. The number of carbonyl (C=O) groups excluding carboxylic acids is 2. The molecule has 0 spiro atoms. The number of rotatable bonds is 2. The van der Waals surface area contributed by atoms with Gasteiger partial charge in [-0.2, -0.15) is 0 Å². The monoisotopic (exact) mass is 412 g/mol. The quantitative estimate of drug-likeness (QED) is 0.757. The number of amides is 2. The van der Waals surface area contributed by atoms with Crippen molar-refractivity contribution in [3.8, 4) is 5.75 Å². The third kappa shape index (κ3) is 4.40. The van der Waals surface area contributed by atoms with E-state index in [1.165, 1.54) is 0 Å². The minimum Gasteiger partial charge on any atom is -0.492 e. The first-order valence-electron chi connectivity index (χ1n) is 10.1. The molecule has 2 aliphatic rings. The van der Waals surface area contributed by atoms with Gasteiger partial charge in [0.25, 0.3) is 5.91 Å². The summed E-state index contributed by atoms with van der Waals surface area (Å²) in [4.78, 5) is 29.7. The molecule has 1 fully saturated rings. The normalized spacial score (nSPS) is 19.2. The summed E-state index contributed by atoms with van der Waals surface area (Å²) in [6.07, 6.45) is 1.41. The van der Waals surface area contributed by atoms with Crippen LogP contribution in [0, 0.1) is 12.8 Å². The fourth-order valence-electron chi connectivity index (χ4n) is 4.08. The smallest absolute Gasteiger partial charge is 0.253 e. The molecule has 5 nitrogen and oxygen atoms in total. The van der Waals surface area contributed by atoms with E-state index in [2.05, 4.69) is 0 Å². The van der Waals surface area contributed by atoms with E-state index in [-0.39, 0.29) is 17.7 Å². The van der Waals surface area contributed by atoms with Gasteiger partial charge in [-0.15, -0.1) is 0 Å². The van der Waals surface area contributed by atoms with Crippen LogP contribution < -0.4 is 4.74 Å². The number of carbonyl (C=O) groups is 2. The molecule has 0 unspecified atom stereocenters. The Hall–Kier alpha value is -2.53. The van der Waals surface area contributed by atoms with E-state index in [0.29, 0.717) is 49.8 Å². The fourth-order valence-corrected chi connectivity index (χ4v) is 4.28. The number of benzene rings is 2. The maximum Gasteiger partial charge on any atom is 0.253 e. The van der Waals surface area contributed by atoms with Crippen molar-refractivity contribution < 1.29 is 14.3 Å². The summed E-state index contributed by atoms with van der Waals surface area (Å²) in [6.45, 7) is 4.79. The van der Waals surface area contributed by atoms with Gasteiger partial charge in [0.05, 0.1) is 5.92 Å². The van der Waals surface area contributed by atoms with Gasteiger partial charge in [0.2, 0.25) is 5.91 Å². The molecular weight excluding hydrogens is 388 g/mol. The van der Waals surface area contributed by atoms with E-state index < -0.39 is 0 Å². The van der Waals surface area contributed by atoms with Crippen molar-refractivity contribution in [2.24, 2.45) is 5.92 Å². The van der Waals surface area contributed by atoms with Crippen molar-refractivity contribution in [1.82, 2.24) is 9.80 Å². The van der Waals surface area contributed by atoms with Crippen LogP contribution in [-0.2, 0) is 11.2 Å². The van der Waals surface area contributed by atoms with E-state index >= 15 is 0 Å². The van der Waals surface area contributed by atoms with Crippen LogP contribution in [0.5, 0.6) is 5.75 Å². The molecule has 1 atom stereocenters. The van der Waals surface area contributed by atoms with Crippen LogP contribution >= 0.6 is 11.6 Å². The Morgan fingerprint density at radius 3 is 2.66 bits per heavy atom. The Morgan fingerprint density at radius 2 is 1.83 bits per heavy atom. The van der Waals surface area contributed by atoms with Crippen LogP contribution in [0.2, 0.25) is 5.02 Å². The highest BCUT2D eigenvalue weighted by atomic mass is 35.5. The second kappa shape index (κ2) is 8.46. The Bertz CT molecular complexity index is 930. The number of ether oxygens (including phenoxy) is 1. The van der Waals surface area contributed by atoms with E-state index in [4.69, 9.17) is 16.3 Å². The molecule has 2 amide bonds. The predicted molar refractivity (Wildman–Crippen MR) is 112 cm³/mol. The first kappa shape index (κ1) is 19.8. The van der Waals surface area contributed by atoms with Crippen molar-refractivity contribution in [2.75, 3.05) is 32.8 Å². The van der Waals surface area contributed by atoms with Gasteiger partial charge in [-0.05, 0) is 55.7 Å². The molecule has 2 heterocycles. The molecule has 1 saturated heterocycles. The first-order chi connectivity index (χ1) is 14.0. The lowest BCUT2D eigenvalue weighted by atomic mass is 9.95. The molecule has 0 bridgehead atoms. The molecule has 0 aromatic heterocycles. The lowest BCUT2D eigenvalue weighted by Crippen LogP contribution is -2.43. The predicted octanol–water partition coefficient (Wildman–Crippen LogP) is 3.57. The number of aryl methyl sites for hydroxylation is 1. The first-order valence-corrected chi connectivity index (χ1v) is 10.4. The summed E-state index contributed by atoms with van der Waals surface area (Å²) in [5, 5.41) is 0.653. The Morgan fingerprint density at radius 1 is 1.03 bits per heavy atom. The summed E-state index contributed by atoms with van der Waals surface area (Å²) < 4.78 is 5.79. The van der Waals surface area contributed by atoms with Gasteiger partial charge in [0.15, 0.2) is 0 Å². The lowest BCUT2D eigenvalue weighted by molar-refractivity contribution is -0.136. The molecular formula is C23H25ClN2O3. The van der Waals surface area contributed by atoms with E-state index in [1.807, 2.05) is 53.1 Å². The number of halogens is 1. The molecule has 0 aliphatic carbocycles. The maximum atomic E-state index is 13.1. The van der Waals surface area contributed by atoms with Crippen molar-refractivity contribution in [2.45, 2.75) is 19.8 Å². The molecule has 2 aliphatic heterocycles. The van der Waals surface area contributed by atoms with Gasteiger partial charge in [-0.1, -0.05) is 29.3 Å². The molecule has 152 valence electrons. The molecule has 4 rings (SSSR count). The van der Waals surface area contributed by atoms with Gasteiger partial charge >= 0.3 is 0 Å². The minimum absolute atomic E-state index is 0.0348. The second-order valence-electron chi connectivity index (χ2n) is 7.80. The van der Waals surface area contributed by atoms with Crippen LogP contribution in [0.15, 0.2) is 42.5 Å². The van der Waals surface area contributed by atoms with E-state index in [1.54, 1.807) is 6.07 Å². The van der Waals surface area contributed by atoms with Crippen LogP contribution in [0.25, 0.3) is 0 Å². The average Bonchev–Trinajstić information content (AvgIpc) is 2.98. The minimum atomic E-state index is -0.208. The Balaban J connectivity index is 1.39. The molecule has 29 heavy (non-hydrogen) atoms. The fraction of sp³-hybridized carbons (Fsp3) is 0.391. The molecule has 0 radical (unpaired) electrons. The van der Waals surface area contributed by atoms with Crippen molar-refractivity contribution in [1.29, 1.82) is 0 Å². The highest BCUT2D eigenvalue weighted by molar-refractivity contribution is 6.30. The van der Waals surface area contributed by atoms with Crippen molar-refractivity contribution in [3.63, 3.8) is 0 Å². The molecule has 0 N–H and O–H groups in total. The van der Waals surface area contributed by atoms with Crippen molar-refractivity contribution in [3.05, 3.63) is 64.2 Å². The summed E-state index contributed by atoms with van der Waals surface area (Å²) in [6, 6.07) is 13.2. The van der Waals surface area contributed by atoms with Crippen LogP contribution in [0.1, 0.15) is 27.9 Å². The Kier molecular flexibility index (Phi) is 5.76. The third-order valence-corrected chi connectivity index (χ3v) is 5.87. The van der Waals surface area contributed by atoms with Crippen LogP contribution in [-0.4, -0.2) is 54.4 Å². The molecule has 2 aromatic carbocycles. The number of nitrogens with zero attached hydrogens (tertiary/aromatic N) is 2. The third-order valence-electron chi connectivity index (χ3n) is 5.64. The molecule has 0 saturated carbocycles. The van der Waals surface area contributed by atoms with Gasteiger partial charge in [0.1, 0.15) is 12.4 Å². The summed E-state index contributed by atoms with van der Waals surface area (Å²) in [5.41, 5.74) is 2.76. The van der Waals surface area contributed by atoms with E-state index in [9.17, 15) is 9.59 Å². The summed E-state index contributed by atoms with van der Waals surface area (Å²) in [7, 11) is 0. The highest BCUT2D eigenvalue weighted by Crippen LogP contribution is 2.30. The summed E-state index contributed by atoms with van der Waals surface area (Å²) in [5.74, 6) is 0.734. The molecule has 6 heteroatoms.